The molecule has 40 heavy (non-hydrogen) atoms. The van der Waals surface area contributed by atoms with Crippen molar-refractivity contribution in [2.24, 2.45) is 0 Å². The van der Waals surface area contributed by atoms with Crippen LogP contribution < -0.4 is 16.4 Å². The number of allylic oxidation sites excluding steroid dienone is 4. The zero-order chi connectivity index (χ0) is 29.6. The van der Waals surface area contributed by atoms with Crippen LogP contribution in [0, 0.1) is 19.3 Å². The summed E-state index contributed by atoms with van der Waals surface area (Å²) in [7, 11) is 12.5. The van der Waals surface area contributed by atoms with Crippen molar-refractivity contribution in [3.8, 4) is 18.0 Å². The van der Waals surface area contributed by atoms with Gasteiger partial charge in [0, 0.05) is 31.0 Å². The molecular weight excluding hydrogens is 533 g/mol. The van der Waals surface area contributed by atoms with E-state index in [-0.39, 0.29) is 47.3 Å². The van der Waals surface area contributed by atoms with Crippen molar-refractivity contribution in [1.82, 2.24) is 24.4 Å². The van der Waals surface area contributed by atoms with Crippen LogP contribution in [0.4, 0.5) is 8.78 Å². The first-order valence-electron chi connectivity index (χ1n) is 12.5. The molecule has 1 aliphatic rings. The summed E-state index contributed by atoms with van der Waals surface area (Å²) in [5.74, 6) is 1.62. The van der Waals surface area contributed by atoms with Gasteiger partial charge in [-0.15, -0.1) is 6.42 Å². The molecule has 0 spiro atoms. The van der Waals surface area contributed by atoms with Crippen LogP contribution in [0.5, 0.6) is 0 Å². The molecule has 0 saturated carbocycles. The maximum absolute atomic E-state index is 15.7. The smallest absolute Gasteiger partial charge is 0.310 e. The standard InChI is InChI=1S/C28H26B2ClF2N5O2/c1-6-16(4)7-8-18(32)11-20-19(31)12-21-24(36-20)37(23-17(5)9-10-35-22(23)15(2)3)25(39)26(40)38(21)28(29,30)27(33)13-34-14-27/h1,7-10,12,15,34H,11,13-14H2,2-5H3/b16-7-,18-8+. The highest BCUT2D eigenvalue weighted by atomic mass is 35.5. The van der Waals surface area contributed by atoms with E-state index in [4.69, 9.17) is 33.7 Å². The van der Waals surface area contributed by atoms with Crippen LogP contribution in [0.15, 0.2) is 51.5 Å². The minimum Gasteiger partial charge on any atom is -0.310 e. The first-order chi connectivity index (χ1) is 18.7. The summed E-state index contributed by atoms with van der Waals surface area (Å²) in [6.45, 7) is 6.67. The van der Waals surface area contributed by atoms with Crippen molar-refractivity contribution in [3.63, 3.8) is 0 Å². The van der Waals surface area contributed by atoms with Gasteiger partial charge in [0.15, 0.2) is 5.65 Å². The fourth-order valence-electron chi connectivity index (χ4n) is 4.53. The topological polar surface area (TPSA) is 81.8 Å². The van der Waals surface area contributed by atoms with Crippen LogP contribution >= 0.6 is 11.6 Å². The van der Waals surface area contributed by atoms with E-state index in [0.717, 1.165) is 4.57 Å². The Labute approximate surface area is 238 Å². The molecular formula is C28H26B2ClF2N5O2. The van der Waals surface area contributed by atoms with Gasteiger partial charge in [-0.1, -0.05) is 31.4 Å². The third-order valence-electron chi connectivity index (χ3n) is 6.95. The van der Waals surface area contributed by atoms with Crippen molar-refractivity contribution >= 4 is 38.5 Å². The molecule has 1 aliphatic heterocycles. The Morgan fingerprint density at radius 2 is 2.00 bits per heavy atom. The zero-order valence-corrected chi connectivity index (χ0v) is 23.3. The van der Waals surface area contributed by atoms with Gasteiger partial charge in [0.25, 0.3) is 0 Å². The largest absolute Gasteiger partial charge is 0.322 e. The molecule has 4 rings (SSSR count). The molecule has 1 saturated heterocycles. The molecule has 0 amide bonds. The summed E-state index contributed by atoms with van der Waals surface area (Å²) < 4.78 is 32.3. The maximum atomic E-state index is 15.7. The molecule has 12 heteroatoms. The van der Waals surface area contributed by atoms with Gasteiger partial charge < -0.3 is 9.88 Å². The lowest BCUT2D eigenvalue weighted by Crippen LogP contribution is -2.72. The van der Waals surface area contributed by atoms with Gasteiger partial charge in [0.05, 0.1) is 43.3 Å². The minimum absolute atomic E-state index is 0.0468. The van der Waals surface area contributed by atoms with Crippen LogP contribution in [0.25, 0.3) is 16.9 Å². The lowest BCUT2D eigenvalue weighted by molar-refractivity contribution is 0.0435. The van der Waals surface area contributed by atoms with E-state index < -0.39 is 28.0 Å². The minimum atomic E-state index is -2.44. The Morgan fingerprint density at radius 1 is 1.32 bits per heavy atom. The Hall–Kier alpha value is -3.48. The number of pyridine rings is 2. The molecule has 1 fully saturated rings. The van der Waals surface area contributed by atoms with Crippen LogP contribution in [-0.2, 0) is 11.8 Å². The van der Waals surface area contributed by atoms with Gasteiger partial charge in [-0.05, 0) is 55.2 Å². The van der Waals surface area contributed by atoms with E-state index in [1.165, 1.54) is 18.2 Å². The molecule has 3 aromatic rings. The number of nitrogens with one attached hydrogen (secondary N) is 1. The highest BCUT2D eigenvalue weighted by Crippen LogP contribution is 2.35. The van der Waals surface area contributed by atoms with Gasteiger partial charge in [-0.25, -0.2) is 13.8 Å². The number of nitrogens with zero attached hydrogens (tertiary/aromatic N) is 4. The predicted molar refractivity (Wildman–Crippen MR) is 155 cm³/mol. The number of rotatable bonds is 7. The fourth-order valence-corrected chi connectivity index (χ4v) is 4.74. The number of alkyl halides is 1. The Bertz CT molecular complexity index is 1730. The van der Waals surface area contributed by atoms with E-state index in [1.54, 1.807) is 26.1 Å². The van der Waals surface area contributed by atoms with Gasteiger partial charge in [0.1, 0.15) is 11.5 Å². The summed E-state index contributed by atoms with van der Waals surface area (Å²) in [6, 6.07) is 2.97. The highest BCUT2D eigenvalue weighted by Gasteiger charge is 2.51. The van der Waals surface area contributed by atoms with Gasteiger partial charge in [0.2, 0.25) is 0 Å². The zero-order valence-electron chi connectivity index (χ0n) is 22.6. The molecule has 4 heterocycles. The quantitative estimate of drug-likeness (QED) is 0.208. The number of hydrogen-bond donors (Lipinski definition) is 1. The number of hydrogen-bond acceptors (Lipinski definition) is 5. The lowest BCUT2D eigenvalue weighted by Gasteiger charge is -2.49. The third kappa shape index (κ3) is 4.95. The number of terminal acetylenes is 1. The van der Waals surface area contributed by atoms with E-state index in [9.17, 15) is 14.0 Å². The van der Waals surface area contributed by atoms with Crippen molar-refractivity contribution < 1.29 is 8.78 Å². The third-order valence-corrected chi connectivity index (χ3v) is 7.28. The van der Waals surface area contributed by atoms with E-state index in [2.05, 4.69) is 21.2 Å². The molecule has 0 bridgehead atoms. The molecule has 0 aliphatic carbocycles. The molecule has 3 aromatic heterocycles. The highest BCUT2D eigenvalue weighted by molar-refractivity contribution is 6.39. The maximum Gasteiger partial charge on any atom is 0.322 e. The average Bonchev–Trinajstić information content (AvgIpc) is 2.87. The normalized spacial score (nSPS) is 15.8. The van der Waals surface area contributed by atoms with E-state index in [0.29, 0.717) is 27.1 Å². The van der Waals surface area contributed by atoms with Crippen LogP contribution in [0.1, 0.15) is 43.6 Å². The molecule has 1 N–H and O–H groups in total. The van der Waals surface area contributed by atoms with Gasteiger partial charge in [-0.3, -0.25) is 19.1 Å². The average molecular weight is 560 g/mol. The van der Waals surface area contributed by atoms with Crippen molar-refractivity contribution in [2.45, 2.75) is 51.0 Å². The summed E-state index contributed by atoms with van der Waals surface area (Å²) in [6.07, 6.45) is 9.17. The Kier molecular flexibility index (Phi) is 7.99. The summed E-state index contributed by atoms with van der Waals surface area (Å²) in [4.78, 5) is 36.4. The number of fused-ring (bicyclic) bond motifs is 1. The molecule has 4 radical (unpaired) electrons. The second-order valence-corrected chi connectivity index (χ2v) is 10.6. The summed E-state index contributed by atoms with van der Waals surface area (Å²) in [5, 5.41) is 0.257. The molecule has 0 atom stereocenters. The van der Waals surface area contributed by atoms with Gasteiger partial charge in [-0.2, -0.15) is 0 Å². The first-order valence-corrected chi connectivity index (χ1v) is 12.9. The van der Waals surface area contributed by atoms with Gasteiger partial charge >= 0.3 is 11.1 Å². The van der Waals surface area contributed by atoms with Crippen molar-refractivity contribution in [1.29, 1.82) is 0 Å². The van der Waals surface area contributed by atoms with E-state index >= 15 is 4.39 Å². The second-order valence-electron chi connectivity index (χ2n) is 10.2. The molecule has 7 nitrogen and oxygen atoms in total. The fraction of sp³-hybridized carbons (Fsp3) is 0.357. The number of aromatic nitrogens is 4. The predicted octanol–water partition coefficient (Wildman–Crippen LogP) is 3.26. The van der Waals surface area contributed by atoms with Crippen LogP contribution in [-0.4, -0.2) is 53.6 Å². The molecule has 202 valence electrons. The monoisotopic (exact) mass is 559 g/mol. The van der Waals surface area contributed by atoms with Crippen LogP contribution in [0.2, 0.25) is 5.02 Å². The second kappa shape index (κ2) is 10.8. The van der Waals surface area contributed by atoms with Crippen molar-refractivity contribution in [3.05, 3.63) is 84.6 Å². The number of aryl methyl sites for hydroxylation is 1. The Morgan fingerprint density at radius 3 is 2.58 bits per heavy atom. The van der Waals surface area contributed by atoms with Crippen LogP contribution in [0.3, 0.4) is 0 Å². The van der Waals surface area contributed by atoms with Crippen molar-refractivity contribution in [2.75, 3.05) is 13.1 Å². The SMILES string of the molecule is [B]C([B])(n1c(=O)c(=O)n(-c2c(C)ccnc2C(C)C)c2nc(C/C(F)=C\C=C(\C)C#C)c(Cl)cc21)C1(F)CNC1. The van der Waals surface area contributed by atoms with E-state index in [1.807, 2.05) is 13.8 Å². The number of halogens is 3. The summed E-state index contributed by atoms with van der Waals surface area (Å²) in [5.41, 5.74) is -2.70. The lowest BCUT2D eigenvalue weighted by atomic mass is 9.51. The molecule has 0 unspecified atom stereocenters. The first kappa shape index (κ1) is 29.5. The summed E-state index contributed by atoms with van der Waals surface area (Å²) >= 11 is 6.52. The molecule has 0 aromatic carbocycles. The Balaban J connectivity index is 2.13.